The van der Waals surface area contributed by atoms with Crippen LogP contribution in [-0.4, -0.2) is 98.6 Å². The van der Waals surface area contributed by atoms with E-state index in [-0.39, 0.29) is 90.1 Å². The first-order chi connectivity index (χ1) is 39.2. The van der Waals surface area contributed by atoms with Crippen LogP contribution in [0.5, 0.6) is 0 Å². The number of aliphatic hydroxyl groups is 3. The van der Waals surface area contributed by atoms with Gasteiger partial charge in [-0.1, -0.05) is 81.4 Å². The Morgan fingerprint density at radius 1 is 0.780 bits per heavy atom. The molecule has 4 fully saturated rings. The summed E-state index contributed by atoms with van der Waals surface area (Å²) in [5, 5.41) is 52.0. The molecule has 4 aliphatic carbocycles. The monoisotopic (exact) mass is 1130 g/mol. The fourth-order valence-corrected chi connectivity index (χ4v) is 15.0. The van der Waals surface area contributed by atoms with E-state index in [1.807, 2.05) is 78.9 Å². The standard InChI is InChI=1S/C65H89N7O10/c1-40(26-31-56(77)81-7)45-27-28-46-57-47(39-52(74)65(45,46)6)64(5)33-32-43(37-42(64)38-51(57)73)69-54(75)29-30-55(76)70-50(24-14-17-36-68-62(80)82-63(2,3)4)61(79)71-48-22-12-11-21-44(48)59(72-53-25-15-18-35-67-53)58(49-23-13-16-34-66-49)60(78)41-19-9-8-10-20-41/h8-13,15-16,18-23,25,34-35,40,42-43,45-47,50-52,57-60,73-74,78H,14,17,24,26-33,36-39H2,1-7H3,(H,67,72)(H,68,80)(H,69,75)(H,70,76)(H,71,79)/t40?,42-,43-,45?,46-,47-,50+,51+,52-,57-,58?,59?,60?,64-,65+/m0/s1. The Labute approximate surface area is 484 Å². The number of pyridine rings is 2. The SMILES string of the molecule is COC(=O)CCC(C)C1CC[C@H]2[C@@H]3[C@H](O)C[C@@H]4C[C@@H](NC(=O)CCC(=O)N[C@H](CCCCNC(=O)OC(C)(C)C)C(=O)Nc5ccccc5C(Nc5ccccn5)C(c5ccccn5)C(O)c5ccccc5)CC[C@]4(C)[C@H]3C[C@H](O)[C@]12C. The van der Waals surface area contributed by atoms with Gasteiger partial charge in [-0.15, -0.1) is 0 Å². The number of carbonyl (C=O) groups excluding carboxylic acids is 5. The van der Waals surface area contributed by atoms with Crippen molar-refractivity contribution in [2.24, 2.45) is 46.3 Å². The number of nitrogens with one attached hydrogen (secondary N) is 5. The van der Waals surface area contributed by atoms with Crippen LogP contribution in [0.25, 0.3) is 0 Å². The third-order valence-corrected chi connectivity index (χ3v) is 19.2. The molecule has 4 aliphatic rings. The lowest BCUT2D eigenvalue weighted by atomic mass is 9.43. The summed E-state index contributed by atoms with van der Waals surface area (Å²) < 4.78 is 10.3. The zero-order valence-electron chi connectivity index (χ0n) is 49.0. The predicted molar refractivity (Wildman–Crippen MR) is 314 cm³/mol. The molecule has 2 heterocycles. The van der Waals surface area contributed by atoms with Crippen molar-refractivity contribution in [1.29, 1.82) is 0 Å². The molecule has 2 aromatic carbocycles. The summed E-state index contributed by atoms with van der Waals surface area (Å²) in [6, 6.07) is 25.8. The van der Waals surface area contributed by atoms with Crippen molar-refractivity contribution in [2.75, 3.05) is 24.3 Å². The number of benzene rings is 2. The van der Waals surface area contributed by atoms with Crippen LogP contribution < -0.4 is 26.6 Å². The van der Waals surface area contributed by atoms with Crippen LogP contribution in [0.4, 0.5) is 16.3 Å². The number of hydrogen-bond acceptors (Lipinski definition) is 13. The number of anilines is 2. The number of fused-ring (bicyclic) bond motifs is 5. The van der Waals surface area contributed by atoms with Gasteiger partial charge in [-0.05, 0) is 179 Å². The molecular weight excluding hydrogens is 1040 g/mol. The minimum absolute atomic E-state index is 0.0706. The maximum absolute atomic E-state index is 14.7. The van der Waals surface area contributed by atoms with Crippen molar-refractivity contribution in [2.45, 2.75) is 179 Å². The second-order valence-corrected chi connectivity index (χ2v) is 25.3. The number of aromatic nitrogens is 2. The van der Waals surface area contributed by atoms with Crippen LogP contribution in [0.3, 0.4) is 0 Å². The average Bonchev–Trinajstić information content (AvgIpc) is 1.66. The molecule has 4 aromatic rings. The third-order valence-electron chi connectivity index (χ3n) is 19.2. The first kappa shape index (κ1) is 61.6. The predicted octanol–water partition coefficient (Wildman–Crippen LogP) is 9.72. The van der Waals surface area contributed by atoms with Crippen LogP contribution in [0, 0.1) is 46.3 Å². The van der Waals surface area contributed by atoms with Crippen LogP contribution >= 0.6 is 0 Å². The van der Waals surface area contributed by atoms with Gasteiger partial charge in [0.25, 0.3) is 0 Å². The summed E-state index contributed by atoms with van der Waals surface area (Å²) in [5.74, 6) is -0.623. The van der Waals surface area contributed by atoms with E-state index in [0.29, 0.717) is 73.3 Å². The van der Waals surface area contributed by atoms with Gasteiger partial charge in [0.2, 0.25) is 17.7 Å². The lowest BCUT2D eigenvalue weighted by Gasteiger charge is -2.63. The van der Waals surface area contributed by atoms with Gasteiger partial charge in [0.1, 0.15) is 17.5 Å². The van der Waals surface area contributed by atoms with Crippen LogP contribution in [0.15, 0.2) is 103 Å². The largest absolute Gasteiger partial charge is 0.469 e. The van der Waals surface area contributed by atoms with Crippen LogP contribution in [-0.2, 0) is 28.7 Å². The number of methoxy groups -OCH3 is 1. The van der Waals surface area contributed by atoms with Crippen molar-refractivity contribution >= 4 is 41.3 Å². The molecule has 8 rings (SSSR count). The summed E-state index contributed by atoms with van der Waals surface area (Å²) in [6.07, 6.45) is 8.06. The smallest absolute Gasteiger partial charge is 0.407 e. The summed E-state index contributed by atoms with van der Waals surface area (Å²) in [5.41, 5.74) is 1.18. The van der Waals surface area contributed by atoms with Gasteiger partial charge < -0.3 is 51.4 Å². The molecule has 15 atom stereocenters. The first-order valence-electron chi connectivity index (χ1n) is 29.9. The van der Waals surface area contributed by atoms with E-state index in [9.17, 15) is 39.3 Å². The second kappa shape index (κ2) is 27.3. The lowest BCUT2D eigenvalue weighted by Crippen LogP contribution is -2.63. The number of alkyl carbamates (subject to hydrolysis) is 1. The molecular formula is C65H89N7O10. The lowest BCUT2D eigenvalue weighted by molar-refractivity contribution is -0.202. The first-order valence-corrected chi connectivity index (χ1v) is 29.9. The molecule has 0 spiro atoms. The highest BCUT2D eigenvalue weighted by molar-refractivity contribution is 5.98. The van der Waals surface area contributed by atoms with Crippen LogP contribution in [0.1, 0.15) is 166 Å². The molecule has 0 radical (unpaired) electrons. The summed E-state index contributed by atoms with van der Waals surface area (Å²) in [7, 11) is 1.41. The minimum Gasteiger partial charge on any atom is -0.469 e. The van der Waals surface area contributed by atoms with Crippen LogP contribution in [0.2, 0.25) is 0 Å². The van der Waals surface area contributed by atoms with Crippen molar-refractivity contribution in [3.05, 3.63) is 120 Å². The van der Waals surface area contributed by atoms with E-state index in [2.05, 4.69) is 52.3 Å². The Morgan fingerprint density at radius 3 is 2.20 bits per heavy atom. The fraction of sp³-hybridized carbons (Fsp3) is 0.585. The maximum Gasteiger partial charge on any atom is 0.407 e. The summed E-state index contributed by atoms with van der Waals surface area (Å²) >= 11 is 0. The summed E-state index contributed by atoms with van der Waals surface area (Å²) in [6.45, 7) is 12.4. The zero-order chi connectivity index (χ0) is 58.8. The Hall–Kier alpha value is -6.43. The van der Waals surface area contributed by atoms with Crippen molar-refractivity contribution in [3.8, 4) is 0 Å². The molecule has 4 amide bonds. The number of unbranched alkanes of at least 4 members (excludes halogenated alkanes) is 1. The number of nitrogens with zero attached hydrogens (tertiary/aromatic N) is 2. The van der Waals surface area contributed by atoms with E-state index in [1.54, 1.807) is 45.3 Å². The maximum atomic E-state index is 14.7. The number of ether oxygens (including phenoxy) is 2. The molecule has 0 bridgehead atoms. The highest BCUT2D eigenvalue weighted by Gasteiger charge is 2.66. The van der Waals surface area contributed by atoms with Gasteiger partial charge in [-0.25, -0.2) is 9.78 Å². The van der Waals surface area contributed by atoms with E-state index in [1.165, 1.54) is 7.11 Å². The van der Waals surface area contributed by atoms with Crippen molar-refractivity contribution in [3.63, 3.8) is 0 Å². The highest BCUT2D eigenvalue weighted by Crippen LogP contribution is 2.68. The fourth-order valence-electron chi connectivity index (χ4n) is 15.0. The molecule has 0 saturated heterocycles. The number of carbonyl (C=O) groups is 5. The van der Waals surface area contributed by atoms with Gasteiger partial charge in [0, 0.05) is 55.6 Å². The Kier molecular flexibility index (Phi) is 20.5. The zero-order valence-corrected chi connectivity index (χ0v) is 49.0. The number of esters is 1. The van der Waals surface area contributed by atoms with E-state index < -0.39 is 59.8 Å². The average molecular weight is 1130 g/mol. The molecule has 5 unspecified atom stereocenters. The Balaban J connectivity index is 0.932. The molecule has 82 heavy (non-hydrogen) atoms. The number of hydrogen-bond donors (Lipinski definition) is 8. The second-order valence-electron chi connectivity index (χ2n) is 25.3. The van der Waals surface area contributed by atoms with Gasteiger partial charge >= 0.3 is 12.1 Å². The molecule has 8 N–H and O–H groups in total. The number of amides is 4. The third kappa shape index (κ3) is 14.7. The van der Waals surface area contributed by atoms with Crippen molar-refractivity contribution < 1.29 is 48.8 Å². The van der Waals surface area contributed by atoms with Gasteiger partial charge in [-0.2, -0.15) is 0 Å². The topological polar surface area (TPSA) is 250 Å². The Bertz CT molecular complexity index is 2770. The van der Waals surface area contributed by atoms with E-state index >= 15 is 0 Å². The van der Waals surface area contributed by atoms with Gasteiger partial charge in [-0.3, -0.25) is 24.2 Å². The molecule has 4 saturated carbocycles. The normalized spacial score (nSPS) is 27.5. The quantitative estimate of drug-likeness (QED) is 0.0255. The van der Waals surface area contributed by atoms with E-state index in [4.69, 9.17) is 14.5 Å². The molecule has 2 aromatic heterocycles. The number of rotatable bonds is 23. The molecule has 17 heteroatoms. The Morgan fingerprint density at radius 2 is 1.49 bits per heavy atom. The highest BCUT2D eigenvalue weighted by atomic mass is 16.6. The number of aliphatic hydroxyl groups excluding tert-OH is 3. The van der Waals surface area contributed by atoms with Gasteiger partial charge in [0.15, 0.2) is 0 Å². The molecule has 444 valence electrons. The summed E-state index contributed by atoms with van der Waals surface area (Å²) in [4.78, 5) is 76.2. The molecule has 17 nitrogen and oxygen atoms in total. The van der Waals surface area contributed by atoms with E-state index in [0.717, 1.165) is 25.7 Å². The number of para-hydroxylation sites is 1. The molecule has 0 aliphatic heterocycles. The van der Waals surface area contributed by atoms with Gasteiger partial charge in [0.05, 0.1) is 37.4 Å². The minimum atomic E-state index is -1.06. The van der Waals surface area contributed by atoms with Crippen molar-refractivity contribution in [1.82, 2.24) is 25.9 Å².